The summed E-state index contributed by atoms with van der Waals surface area (Å²) in [6, 6.07) is 21.4. The molecule has 9 nitrogen and oxygen atoms in total. The topological polar surface area (TPSA) is 105 Å². The van der Waals surface area contributed by atoms with Crippen LogP contribution < -0.4 is 10.5 Å². The van der Waals surface area contributed by atoms with E-state index < -0.39 is 31.6 Å². The summed E-state index contributed by atoms with van der Waals surface area (Å²) in [5, 5.41) is 15.5. The first-order chi connectivity index (χ1) is 22.1. The number of anilines is 2. The zero-order valence-electron chi connectivity index (χ0n) is 26.1. The van der Waals surface area contributed by atoms with E-state index in [0.717, 1.165) is 6.42 Å². The lowest BCUT2D eigenvalue weighted by molar-refractivity contribution is -0.149. The van der Waals surface area contributed by atoms with E-state index in [1.165, 1.54) is 4.68 Å². The third-order valence-corrected chi connectivity index (χ3v) is 12.5. The van der Waals surface area contributed by atoms with Crippen LogP contribution in [0.1, 0.15) is 31.7 Å². The van der Waals surface area contributed by atoms with Crippen molar-refractivity contribution in [3.63, 3.8) is 0 Å². The van der Waals surface area contributed by atoms with Crippen LogP contribution in [0.15, 0.2) is 83.8 Å². The Bertz CT molecular complexity index is 1900. The molecule has 4 aromatic rings. The number of carbonyl (C=O) groups is 2. The zero-order chi connectivity index (χ0) is 32.4. The van der Waals surface area contributed by atoms with Gasteiger partial charge in [0.15, 0.2) is 5.60 Å². The van der Waals surface area contributed by atoms with Crippen molar-refractivity contribution in [3.8, 4) is 5.69 Å². The molecule has 0 bridgehead atoms. The van der Waals surface area contributed by atoms with Crippen molar-refractivity contribution in [2.75, 3.05) is 18.1 Å². The van der Waals surface area contributed by atoms with Crippen molar-refractivity contribution in [1.82, 2.24) is 14.7 Å². The van der Waals surface area contributed by atoms with Crippen LogP contribution in [0.5, 0.6) is 0 Å². The van der Waals surface area contributed by atoms with E-state index in [1.54, 1.807) is 59.4 Å². The molecule has 238 valence electrons. The van der Waals surface area contributed by atoms with E-state index in [4.69, 9.17) is 4.74 Å². The highest BCUT2D eigenvalue weighted by Crippen LogP contribution is 2.61. The number of carbonyl (C=O) groups excluding carboxylic acids is 2. The average molecular weight is 641 g/mol. The monoisotopic (exact) mass is 640 g/mol. The second kappa shape index (κ2) is 11.3. The standard InChI is InChI=1S/C35H37FN4O5Si/c1-22-32(46(2,3)36)30(19-31(42)38-17-9-13-26(38)21-41)45-35(22)28-18-25(40-33(43)27-14-8-7-10-23(27)20-37-40)15-16-29(28)39(34(35)44)24-11-5-4-6-12-24/h4-8,10-12,14-16,18,20,22,26,30,32,41H,9,13,17,19,21H2,1-3H3/t22-,26+,30+,32-,35+/m1/s1. The van der Waals surface area contributed by atoms with Crippen LogP contribution in [0.2, 0.25) is 18.6 Å². The molecule has 11 heteroatoms. The minimum absolute atomic E-state index is 0.0903. The molecule has 46 heavy (non-hydrogen) atoms. The maximum absolute atomic E-state index is 16.4. The summed E-state index contributed by atoms with van der Waals surface area (Å²) in [5.74, 6) is -1.19. The molecule has 3 aromatic carbocycles. The summed E-state index contributed by atoms with van der Waals surface area (Å²) >= 11 is 0. The molecule has 1 aromatic heterocycles. The van der Waals surface area contributed by atoms with Gasteiger partial charge in [0.2, 0.25) is 14.3 Å². The van der Waals surface area contributed by atoms with Crippen LogP contribution in [0.4, 0.5) is 15.5 Å². The molecule has 1 spiro atoms. The van der Waals surface area contributed by atoms with Crippen molar-refractivity contribution in [2.24, 2.45) is 5.92 Å². The van der Waals surface area contributed by atoms with Gasteiger partial charge < -0.3 is 18.9 Å². The number of fused-ring (bicyclic) bond motifs is 3. The third kappa shape index (κ3) is 4.63. The number of likely N-dealkylation sites (tertiary alicyclic amines) is 1. The van der Waals surface area contributed by atoms with Gasteiger partial charge in [-0.05, 0) is 62.3 Å². The quantitative estimate of drug-likeness (QED) is 0.229. The number of amides is 2. The van der Waals surface area contributed by atoms with Crippen LogP contribution in [-0.2, 0) is 19.9 Å². The molecule has 0 aliphatic carbocycles. The van der Waals surface area contributed by atoms with Crippen molar-refractivity contribution in [2.45, 2.75) is 62.6 Å². The van der Waals surface area contributed by atoms with Crippen molar-refractivity contribution < 1.29 is 23.5 Å². The summed E-state index contributed by atoms with van der Waals surface area (Å²) in [4.78, 5) is 45.3. The second-order valence-corrected chi connectivity index (χ2v) is 17.0. The number of aliphatic hydroxyl groups excluding tert-OH is 1. The largest absolute Gasteiger partial charge is 0.394 e. The Labute approximate surface area is 267 Å². The van der Waals surface area contributed by atoms with Gasteiger partial charge in [-0.3, -0.25) is 19.3 Å². The predicted molar refractivity (Wildman–Crippen MR) is 175 cm³/mol. The van der Waals surface area contributed by atoms with E-state index in [0.29, 0.717) is 46.4 Å². The fraction of sp³-hybridized carbons (Fsp3) is 0.371. The van der Waals surface area contributed by atoms with Gasteiger partial charge in [-0.15, -0.1) is 0 Å². The van der Waals surface area contributed by atoms with Gasteiger partial charge in [0.1, 0.15) is 0 Å². The van der Waals surface area contributed by atoms with Gasteiger partial charge in [-0.2, -0.15) is 9.78 Å². The highest BCUT2D eigenvalue weighted by atomic mass is 28.4. The SMILES string of the molecule is C[C@@H]1[C@@H]([Si](C)(C)F)[C@H](CC(=O)N2CCC[C@H]2CO)O[C@@]12C(=O)N(c1ccccc1)c1ccc(-n3ncc4ccccc4c3=O)cc12. The first-order valence-electron chi connectivity index (χ1n) is 15.8. The Morgan fingerprint density at radius 1 is 1.07 bits per heavy atom. The molecule has 2 fully saturated rings. The van der Waals surface area contributed by atoms with Gasteiger partial charge in [-0.25, -0.2) is 0 Å². The Morgan fingerprint density at radius 2 is 1.80 bits per heavy atom. The lowest BCUT2D eigenvalue weighted by atomic mass is 9.82. The first kappa shape index (κ1) is 30.5. The van der Waals surface area contributed by atoms with Crippen LogP contribution in [-0.4, -0.2) is 65.3 Å². The first-order valence-corrected chi connectivity index (χ1v) is 18.8. The molecule has 2 saturated heterocycles. The predicted octanol–water partition coefficient (Wildman–Crippen LogP) is 5.21. The molecule has 4 heterocycles. The minimum atomic E-state index is -3.53. The Hall–Kier alpha value is -4.19. The van der Waals surface area contributed by atoms with Gasteiger partial charge >= 0.3 is 0 Å². The number of hydrogen-bond acceptors (Lipinski definition) is 6. The van der Waals surface area contributed by atoms with E-state index in [2.05, 4.69) is 5.10 Å². The van der Waals surface area contributed by atoms with Gasteiger partial charge in [0.05, 0.1) is 48.1 Å². The fourth-order valence-electron chi connectivity index (χ4n) is 8.04. The molecule has 0 saturated carbocycles. The van der Waals surface area contributed by atoms with Crippen LogP contribution in [0.25, 0.3) is 16.5 Å². The lowest BCUT2D eigenvalue weighted by Crippen LogP contribution is -2.44. The summed E-state index contributed by atoms with van der Waals surface area (Å²) in [7, 11) is -3.53. The zero-order valence-corrected chi connectivity index (χ0v) is 27.1. The number of benzene rings is 3. The van der Waals surface area contributed by atoms with Gasteiger partial charge in [0.25, 0.3) is 11.5 Å². The smallest absolute Gasteiger partial charge is 0.279 e. The van der Waals surface area contributed by atoms with Crippen LogP contribution in [0.3, 0.4) is 0 Å². The summed E-state index contributed by atoms with van der Waals surface area (Å²) in [5.41, 5.74) is -0.419. The second-order valence-electron chi connectivity index (χ2n) is 13.2. The van der Waals surface area contributed by atoms with E-state index in [9.17, 15) is 19.5 Å². The Morgan fingerprint density at radius 3 is 2.54 bits per heavy atom. The van der Waals surface area contributed by atoms with Crippen molar-refractivity contribution in [1.29, 1.82) is 0 Å². The maximum Gasteiger partial charge on any atom is 0.279 e. The van der Waals surface area contributed by atoms with Gasteiger partial charge in [-0.1, -0.05) is 43.3 Å². The number of nitrogens with zero attached hydrogens (tertiary/aromatic N) is 4. The molecule has 1 N–H and O–H groups in total. The number of para-hydroxylation sites is 1. The molecule has 2 amide bonds. The highest BCUT2D eigenvalue weighted by molar-refractivity contribution is 6.72. The lowest BCUT2D eigenvalue weighted by Gasteiger charge is -2.31. The van der Waals surface area contributed by atoms with Crippen LogP contribution >= 0.6 is 0 Å². The Kier molecular flexibility index (Phi) is 7.45. The maximum atomic E-state index is 16.4. The highest BCUT2D eigenvalue weighted by Gasteiger charge is 2.67. The van der Waals surface area contributed by atoms with Crippen molar-refractivity contribution in [3.05, 3.63) is 94.9 Å². The molecule has 0 unspecified atom stereocenters. The number of halogens is 1. The molecule has 3 aliphatic heterocycles. The van der Waals surface area contributed by atoms with Crippen molar-refractivity contribution >= 4 is 42.4 Å². The molecular weight excluding hydrogens is 603 g/mol. The summed E-state index contributed by atoms with van der Waals surface area (Å²) in [6.07, 6.45) is 2.18. The normalized spacial score (nSPS) is 26.0. The van der Waals surface area contributed by atoms with E-state index in [1.807, 2.05) is 49.4 Å². The molecule has 0 radical (unpaired) electrons. The summed E-state index contributed by atoms with van der Waals surface area (Å²) in [6.45, 7) is 5.45. The minimum Gasteiger partial charge on any atom is -0.394 e. The Balaban J connectivity index is 1.38. The number of aliphatic hydroxyl groups is 1. The number of rotatable bonds is 6. The third-order valence-electron chi connectivity index (χ3n) is 10.1. The fourth-order valence-corrected chi connectivity index (χ4v) is 10.5. The molecule has 7 rings (SSSR count). The number of ether oxygens (including phenoxy) is 1. The average Bonchev–Trinajstić information content (AvgIpc) is 3.71. The van der Waals surface area contributed by atoms with Gasteiger partial charge in [0, 0.05) is 34.6 Å². The molecule has 3 aliphatic rings. The summed E-state index contributed by atoms with van der Waals surface area (Å²) < 4.78 is 24.5. The van der Waals surface area contributed by atoms with Crippen LogP contribution in [0, 0.1) is 5.92 Å². The molecular formula is C35H37FN4O5Si. The molecule has 5 atom stereocenters. The van der Waals surface area contributed by atoms with E-state index in [-0.39, 0.29) is 36.4 Å². The number of hydrogen-bond donors (Lipinski definition) is 1. The van der Waals surface area contributed by atoms with E-state index >= 15 is 4.11 Å². The number of aromatic nitrogens is 2.